The van der Waals surface area contributed by atoms with Gasteiger partial charge in [-0.15, -0.1) is 10.2 Å². The molecule has 0 fully saturated rings. The Labute approximate surface area is 201 Å². The zero-order chi connectivity index (χ0) is 23.4. The van der Waals surface area contributed by atoms with Crippen molar-refractivity contribution in [3.8, 4) is 28.8 Å². The number of pyridine rings is 1. The van der Waals surface area contributed by atoms with Crippen LogP contribution in [0.3, 0.4) is 0 Å². The molecule has 0 aliphatic carbocycles. The molecule has 4 aromatic rings. The Morgan fingerprint density at radius 1 is 1.09 bits per heavy atom. The lowest BCUT2D eigenvalue weighted by Gasteiger charge is -2.18. The topological polar surface area (TPSA) is 87.2 Å². The number of furan rings is 1. The number of benzene rings is 1. The molecule has 8 nitrogen and oxygen atoms in total. The van der Waals surface area contributed by atoms with Crippen LogP contribution in [0.4, 0.5) is 5.95 Å². The molecular weight excluding hydrogens is 462 g/mol. The zero-order valence-electron chi connectivity index (χ0n) is 18.7. The van der Waals surface area contributed by atoms with Crippen molar-refractivity contribution in [2.24, 2.45) is 0 Å². The third kappa shape index (κ3) is 5.09. The highest BCUT2D eigenvalue weighted by molar-refractivity contribution is 8.01. The Bertz CT molecular complexity index is 1200. The van der Waals surface area contributed by atoms with Crippen LogP contribution in [0.2, 0.25) is 5.02 Å². The summed E-state index contributed by atoms with van der Waals surface area (Å²) in [6, 6.07) is 13.1. The molecule has 172 valence electrons. The Morgan fingerprint density at radius 2 is 1.85 bits per heavy atom. The van der Waals surface area contributed by atoms with Crippen LogP contribution in [0.15, 0.2) is 53.1 Å². The molecule has 1 atom stereocenters. The summed E-state index contributed by atoms with van der Waals surface area (Å²) in [5.41, 5.74) is 1.63. The smallest absolute Gasteiger partial charge is 0.239 e. The summed E-state index contributed by atoms with van der Waals surface area (Å²) >= 11 is 7.46. The predicted octanol–water partition coefficient (Wildman–Crippen LogP) is 5.59. The molecule has 0 bridgehead atoms. The van der Waals surface area contributed by atoms with Crippen molar-refractivity contribution in [3.05, 3.63) is 65.1 Å². The first-order valence-corrected chi connectivity index (χ1v) is 11.5. The van der Waals surface area contributed by atoms with Gasteiger partial charge in [0.1, 0.15) is 22.9 Å². The Hall–Kier alpha value is -3.17. The highest BCUT2D eigenvalue weighted by Crippen LogP contribution is 2.38. The monoisotopic (exact) mass is 485 g/mol. The van der Waals surface area contributed by atoms with Gasteiger partial charge in [0.05, 0.1) is 19.2 Å². The summed E-state index contributed by atoms with van der Waals surface area (Å²) in [7, 11) is 3.23. The summed E-state index contributed by atoms with van der Waals surface area (Å²) in [5, 5.41) is 9.61. The molecule has 0 spiro atoms. The summed E-state index contributed by atoms with van der Waals surface area (Å²) < 4.78 is 22.3. The van der Waals surface area contributed by atoms with Gasteiger partial charge in [-0.25, -0.2) is 0 Å². The third-order valence-corrected chi connectivity index (χ3v) is 5.98. The first-order chi connectivity index (χ1) is 16.0. The largest absolute Gasteiger partial charge is 0.494 e. The fraction of sp³-hybridized carbons (Fsp3) is 0.261. The van der Waals surface area contributed by atoms with Gasteiger partial charge in [0.25, 0.3) is 0 Å². The van der Waals surface area contributed by atoms with Gasteiger partial charge in [-0.3, -0.25) is 14.3 Å². The van der Waals surface area contributed by atoms with Gasteiger partial charge in [-0.1, -0.05) is 24.6 Å². The van der Waals surface area contributed by atoms with Crippen molar-refractivity contribution in [1.29, 1.82) is 0 Å². The molecule has 0 saturated carbocycles. The molecule has 1 N–H and O–H groups in total. The predicted molar refractivity (Wildman–Crippen MR) is 131 cm³/mol. The Balaban J connectivity index is 1.68. The van der Waals surface area contributed by atoms with Crippen LogP contribution in [0.1, 0.15) is 18.4 Å². The third-order valence-electron chi connectivity index (χ3n) is 4.89. The number of ether oxygens (including phenoxy) is 2. The fourth-order valence-corrected chi connectivity index (χ4v) is 4.15. The van der Waals surface area contributed by atoms with E-state index < -0.39 is 0 Å². The highest BCUT2D eigenvalue weighted by atomic mass is 35.5. The number of nitrogens with one attached hydrogen (secondary N) is 1. The van der Waals surface area contributed by atoms with Crippen LogP contribution in [0.5, 0.6) is 11.5 Å². The van der Waals surface area contributed by atoms with Gasteiger partial charge in [0, 0.05) is 23.6 Å². The molecule has 3 aromatic heterocycles. The van der Waals surface area contributed by atoms with Crippen molar-refractivity contribution < 1.29 is 13.9 Å². The van der Waals surface area contributed by atoms with E-state index in [-0.39, 0.29) is 5.25 Å². The minimum Gasteiger partial charge on any atom is -0.494 e. The molecule has 0 aliphatic heterocycles. The summed E-state index contributed by atoms with van der Waals surface area (Å²) in [6.07, 6.45) is 2.41. The van der Waals surface area contributed by atoms with Gasteiger partial charge >= 0.3 is 0 Å². The van der Waals surface area contributed by atoms with E-state index in [9.17, 15) is 0 Å². The van der Waals surface area contributed by atoms with Crippen LogP contribution in [0, 0.1) is 6.92 Å². The minimum absolute atomic E-state index is 0.192. The van der Waals surface area contributed by atoms with E-state index in [1.165, 1.54) is 11.9 Å². The lowest BCUT2D eigenvalue weighted by atomic mass is 10.2. The lowest BCUT2D eigenvalue weighted by Crippen LogP contribution is -2.10. The number of hydrogen-bond donors (Lipinski definition) is 1. The summed E-state index contributed by atoms with van der Waals surface area (Å²) in [5.74, 6) is 3.64. The second-order valence-corrected chi connectivity index (χ2v) is 8.99. The van der Waals surface area contributed by atoms with Crippen molar-refractivity contribution in [3.63, 3.8) is 0 Å². The Morgan fingerprint density at radius 3 is 2.45 bits per heavy atom. The van der Waals surface area contributed by atoms with Crippen molar-refractivity contribution >= 4 is 29.5 Å². The van der Waals surface area contributed by atoms with E-state index >= 15 is 0 Å². The summed E-state index contributed by atoms with van der Waals surface area (Å²) in [6.45, 7) is 3.99. The SMILES string of the molecule is COc1cccc(OC)c1-n1c(NSC(C)Cc2ccc(Cl)cn2)nnc1-c1ccc(C)o1. The van der Waals surface area contributed by atoms with E-state index in [1.54, 1.807) is 20.4 Å². The molecule has 0 aliphatic rings. The van der Waals surface area contributed by atoms with Gasteiger partial charge < -0.3 is 13.9 Å². The molecule has 4 rings (SSSR count). The second-order valence-electron chi connectivity index (χ2n) is 7.31. The number of hydrogen-bond acceptors (Lipinski definition) is 8. The van der Waals surface area contributed by atoms with E-state index in [0.29, 0.717) is 39.7 Å². The quantitative estimate of drug-likeness (QED) is 0.307. The maximum atomic E-state index is 5.94. The number of rotatable bonds is 9. The van der Waals surface area contributed by atoms with Gasteiger partial charge in [0.15, 0.2) is 5.76 Å². The van der Waals surface area contributed by atoms with Crippen molar-refractivity contribution in [2.45, 2.75) is 25.5 Å². The second kappa shape index (κ2) is 10.2. The van der Waals surface area contributed by atoms with Crippen LogP contribution in [-0.2, 0) is 6.42 Å². The number of para-hydroxylation sites is 1. The molecule has 0 saturated heterocycles. The van der Waals surface area contributed by atoms with E-state index in [2.05, 4.69) is 26.8 Å². The van der Waals surface area contributed by atoms with Crippen molar-refractivity contribution in [2.75, 3.05) is 18.9 Å². The van der Waals surface area contributed by atoms with E-state index in [4.69, 9.17) is 25.5 Å². The molecule has 3 heterocycles. The zero-order valence-corrected chi connectivity index (χ0v) is 20.3. The number of nitrogens with zero attached hydrogens (tertiary/aromatic N) is 4. The molecule has 1 unspecified atom stereocenters. The van der Waals surface area contributed by atoms with E-state index in [0.717, 1.165) is 17.9 Å². The maximum Gasteiger partial charge on any atom is 0.239 e. The fourth-order valence-electron chi connectivity index (χ4n) is 3.35. The normalized spacial score (nSPS) is 11.9. The molecule has 0 radical (unpaired) electrons. The maximum absolute atomic E-state index is 5.94. The first kappa shape index (κ1) is 23.0. The molecule has 0 amide bonds. The molecular formula is C23H24ClN5O3S. The van der Waals surface area contributed by atoms with E-state index in [1.807, 2.05) is 54.0 Å². The number of halogens is 1. The van der Waals surface area contributed by atoms with Crippen LogP contribution < -0.4 is 14.2 Å². The first-order valence-electron chi connectivity index (χ1n) is 10.3. The average molecular weight is 486 g/mol. The van der Waals surface area contributed by atoms with Crippen LogP contribution in [0.25, 0.3) is 17.3 Å². The highest BCUT2D eigenvalue weighted by Gasteiger charge is 2.24. The molecule has 10 heteroatoms. The molecule has 1 aromatic carbocycles. The average Bonchev–Trinajstić information content (AvgIpc) is 3.44. The van der Waals surface area contributed by atoms with Gasteiger partial charge in [0.2, 0.25) is 11.8 Å². The Kier molecular flexibility index (Phi) is 7.10. The van der Waals surface area contributed by atoms with Crippen molar-refractivity contribution in [1.82, 2.24) is 19.7 Å². The van der Waals surface area contributed by atoms with Crippen LogP contribution >= 0.6 is 23.5 Å². The summed E-state index contributed by atoms with van der Waals surface area (Å²) in [4.78, 5) is 4.38. The standard InChI is InChI=1S/C23H24ClN5O3S/c1-14-8-11-20(32-14)22-26-27-23(28-33-15(2)12-17-10-9-16(24)13-25-17)29(22)21-18(30-3)6-5-7-19(21)31-4/h5-11,13,15H,12H2,1-4H3,(H,27,28). The number of methoxy groups -OCH3 is 2. The number of aryl methyl sites for hydroxylation is 1. The number of aromatic nitrogens is 4. The van der Waals surface area contributed by atoms with Crippen LogP contribution in [-0.4, -0.2) is 39.2 Å². The molecule has 33 heavy (non-hydrogen) atoms. The number of anilines is 1. The van der Waals surface area contributed by atoms with Gasteiger partial charge in [-0.2, -0.15) is 0 Å². The van der Waals surface area contributed by atoms with Gasteiger partial charge in [-0.05, 0) is 55.3 Å². The lowest BCUT2D eigenvalue weighted by molar-refractivity contribution is 0.391. The minimum atomic E-state index is 0.192.